The molecule has 0 aliphatic heterocycles. The summed E-state index contributed by atoms with van der Waals surface area (Å²) >= 11 is 0. The highest BCUT2D eigenvalue weighted by molar-refractivity contribution is 6.03. The predicted octanol–water partition coefficient (Wildman–Crippen LogP) is 6.39. The lowest BCUT2D eigenvalue weighted by Gasteiger charge is -2.23. The first-order valence-corrected chi connectivity index (χ1v) is 10.3. The molecule has 1 aliphatic rings. The summed E-state index contributed by atoms with van der Waals surface area (Å²) in [4.78, 5) is 9.86. The standard InChI is InChI=1S/C27H21N3/c1-27(2)25-20(13-9-17-28-25)24-19-12-6-7-15-22(19)30(26(24)27)23-16-8-14-21(29-23)18-10-4-3-5-11-18/h3-17H,1-2H3. The molecule has 0 unspecified atom stereocenters. The molecule has 3 heteroatoms. The summed E-state index contributed by atoms with van der Waals surface area (Å²) in [6.45, 7) is 4.53. The summed E-state index contributed by atoms with van der Waals surface area (Å²) in [7, 11) is 0. The van der Waals surface area contributed by atoms with Gasteiger partial charge in [-0.3, -0.25) is 9.55 Å². The second-order valence-corrected chi connectivity index (χ2v) is 8.35. The molecule has 0 N–H and O–H groups in total. The van der Waals surface area contributed by atoms with Crippen molar-refractivity contribution >= 4 is 10.9 Å². The van der Waals surface area contributed by atoms with E-state index >= 15 is 0 Å². The van der Waals surface area contributed by atoms with Crippen molar-refractivity contribution in [2.45, 2.75) is 19.3 Å². The molecule has 3 nitrogen and oxygen atoms in total. The Hall–Kier alpha value is -3.72. The maximum atomic E-state index is 5.08. The molecule has 0 radical (unpaired) electrons. The molecule has 0 fully saturated rings. The van der Waals surface area contributed by atoms with Gasteiger partial charge in [-0.15, -0.1) is 0 Å². The Bertz CT molecular complexity index is 1410. The van der Waals surface area contributed by atoms with Crippen LogP contribution in [0.4, 0.5) is 0 Å². The Kier molecular flexibility index (Phi) is 3.51. The van der Waals surface area contributed by atoms with E-state index in [1.807, 2.05) is 18.3 Å². The fourth-order valence-corrected chi connectivity index (χ4v) is 4.88. The highest BCUT2D eigenvalue weighted by Gasteiger charge is 2.42. The van der Waals surface area contributed by atoms with E-state index in [1.165, 1.54) is 27.7 Å². The molecule has 3 heterocycles. The van der Waals surface area contributed by atoms with Gasteiger partial charge in [-0.2, -0.15) is 0 Å². The zero-order valence-electron chi connectivity index (χ0n) is 17.0. The van der Waals surface area contributed by atoms with Crippen LogP contribution in [-0.2, 0) is 5.41 Å². The highest BCUT2D eigenvalue weighted by atomic mass is 15.1. The van der Waals surface area contributed by atoms with Gasteiger partial charge in [0.15, 0.2) is 0 Å². The topological polar surface area (TPSA) is 30.7 Å². The van der Waals surface area contributed by atoms with Gasteiger partial charge >= 0.3 is 0 Å². The lowest BCUT2D eigenvalue weighted by Crippen LogP contribution is -2.21. The minimum absolute atomic E-state index is 0.213. The lowest BCUT2D eigenvalue weighted by molar-refractivity contribution is 0.602. The molecule has 0 spiro atoms. The molecule has 6 rings (SSSR count). The fourth-order valence-electron chi connectivity index (χ4n) is 4.88. The van der Waals surface area contributed by atoms with E-state index in [2.05, 4.69) is 91.2 Å². The summed E-state index contributed by atoms with van der Waals surface area (Å²) in [5, 5.41) is 1.25. The number of benzene rings is 2. The first kappa shape index (κ1) is 17.2. The number of para-hydroxylation sites is 1. The summed E-state index contributed by atoms with van der Waals surface area (Å²) in [6.07, 6.45) is 1.90. The number of aromatic nitrogens is 3. The zero-order chi connectivity index (χ0) is 20.3. The molecule has 0 saturated carbocycles. The number of pyridine rings is 2. The number of nitrogens with zero attached hydrogens (tertiary/aromatic N) is 3. The Morgan fingerprint density at radius 2 is 1.57 bits per heavy atom. The smallest absolute Gasteiger partial charge is 0.138 e. The summed E-state index contributed by atoms with van der Waals surface area (Å²) < 4.78 is 2.33. The fraction of sp³-hybridized carbons (Fsp3) is 0.111. The predicted molar refractivity (Wildman–Crippen MR) is 122 cm³/mol. The van der Waals surface area contributed by atoms with E-state index in [4.69, 9.17) is 9.97 Å². The summed E-state index contributed by atoms with van der Waals surface area (Å²) in [6, 6.07) is 29.5. The Labute approximate surface area is 175 Å². The number of rotatable bonds is 2. The summed E-state index contributed by atoms with van der Waals surface area (Å²) in [5.74, 6) is 0.940. The minimum atomic E-state index is -0.213. The van der Waals surface area contributed by atoms with Crippen molar-refractivity contribution in [3.63, 3.8) is 0 Å². The van der Waals surface area contributed by atoms with Crippen molar-refractivity contribution in [3.05, 3.63) is 103 Å². The van der Waals surface area contributed by atoms with E-state index in [0.29, 0.717) is 0 Å². The third-order valence-corrected chi connectivity index (χ3v) is 6.17. The van der Waals surface area contributed by atoms with Gasteiger partial charge in [0, 0.05) is 39.4 Å². The third kappa shape index (κ3) is 2.26. The zero-order valence-corrected chi connectivity index (χ0v) is 17.0. The molecule has 1 aliphatic carbocycles. The van der Waals surface area contributed by atoms with Gasteiger partial charge in [0.1, 0.15) is 5.82 Å². The van der Waals surface area contributed by atoms with Gasteiger partial charge in [-0.05, 0) is 38.1 Å². The monoisotopic (exact) mass is 387 g/mol. The van der Waals surface area contributed by atoms with Crippen molar-refractivity contribution in [2.24, 2.45) is 0 Å². The molecular formula is C27H21N3. The molecule has 2 aromatic carbocycles. The van der Waals surface area contributed by atoms with E-state index in [0.717, 1.165) is 22.8 Å². The van der Waals surface area contributed by atoms with E-state index < -0.39 is 0 Å². The van der Waals surface area contributed by atoms with Crippen LogP contribution in [-0.4, -0.2) is 14.5 Å². The molecule has 5 aromatic rings. The van der Waals surface area contributed by atoms with Gasteiger partial charge < -0.3 is 0 Å². The summed E-state index contributed by atoms with van der Waals surface area (Å²) in [5.41, 5.74) is 7.97. The normalized spacial score (nSPS) is 13.9. The first-order valence-electron chi connectivity index (χ1n) is 10.3. The largest absolute Gasteiger partial charge is 0.297 e. The Morgan fingerprint density at radius 1 is 0.767 bits per heavy atom. The second kappa shape index (κ2) is 6.14. The van der Waals surface area contributed by atoms with Crippen LogP contribution in [0.2, 0.25) is 0 Å². The van der Waals surface area contributed by atoms with Crippen molar-refractivity contribution in [1.82, 2.24) is 14.5 Å². The average molecular weight is 387 g/mol. The molecule has 0 amide bonds. The van der Waals surface area contributed by atoms with Gasteiger partial charge in [0.2, 0.25) is 0 Å². The van der Waals surface area contributed by atoms with Gasteiger partial charge in [0.05, 0.1) is 16.9 Å². The molecule has 144 valence electrons. The maximum absolute atomic E-state index is 5.08. The SMILES string of the molecule is CC1(C)c2ncccc2-c2c1n(-c1cccc(-c3ccccc3)n1)c1ccccc21. The van der Waals surface area contributed by atoms with Crippen molar-refractivity contribution in [2.75, 3.05) is 0 Å². The molecule has 0 atom stereocenters. The number of fused-ring (bicyclic) bond motifs is 5. The average Bonchev–Trinajstić information content (AvgIpc) is 3.26. The molecule has 3 aromatic heterocycles. The third-order valence-electron chi connectivity index (χ3n) is 6.17. The van der Waals surface area contributed by atoms with Crippen LogP contribution >= 0.6 is 0 Å². The molecule has 30 heavy (non-hydrogen) atoms. The molecule has 0 bridgehead atoms. The lowest BCUT2D eigenvalue weighted by atomic mass is 9.89. The van der Waals surface area contributed by atoms with Crippen molar-refractivity contribution < 1.29 is 0 Å². The van der Waals surface area contributed by atoms with E-state index in [-0.39, 0.29) is 5.41 Å². The quantitative estimate of drug-likeness (QED) is 0.351. The van der Waals surface area contributed by atoms with Crippen LogP contribution in [0.1, 0.15) is 25.2 Å². The van der Waals surface area contributed by atoms with Crippen LogP contribution < -0.4 is 0 Å². The van der Waals surface area contributed by atoms with Gasteiger partial charge in [0.25, 0.3) is 0 Å². The molecular weight excluding hydrogens is 366 g/mol. The van der Waals surface area contributed by atoms with Crippen molar-refractivity contribution in [1.29, 1.82) is 0 Å². The molecule has 0 saturated heterocycles. The number of hydrogen-bond acceptors (Lipinski definition) is 2. The minimum Gasteiger partial charge on any atom is -0.297 e. The van der Waals surface area contributed by atoms with Gasteiger partial charge in [-0.25, -0.2) is 4.98 Å². The van der Waals surface area contributed by atoms with Crippen LogP contribution in [0.25, 0.3) is 39.1 Å². The van der Waals surface area contributed by atoms with Crippen molar-refractivity contribution in [3.8, 4) is 28.2 Å². The van der Waals surface area contributed by atoms with Crippen LogP contribution in [0.15, 0.2) is 91.1 Å². The number of hydrogen-bond donors (Lipinski definition) is 0. The second-order valence-electron chi connectivity index (χ2n) is 8.35. The van der Waals surface area contributed by atoms with Gasteiger partial charge in [-0.1, -0.05) is 60.7 Å². The Balaban J connectivity index is 1.69. The van der Waals surface area contributed by atoms with Crippen LogP contribution in [0, 0.1) is 0 Å². The van der Waals surface area contributed by atoms with Crippen LogP contribution in [0.5, 0.6) is 0 Å². The van der Waals surface area contributed by atoms with Crippen LogP contribution in [0.3, 0.4) is 0 Å². The first-order chi connectivity index (χ1) is 14.7. The van der Waals surface area contributed by atoms with E-state index in [9.17, 15) is 0 Å². The van der Waals surface area contributed by atoms with E-state index in [1.54, 1.807) is 0 Å². The highest BCUT2D eigenvalue weighted by Crippen LogP contribution is 2.52. The maximum Gasteiger partial charge on any atom is 0.138 e. The Morgan fingerprint density at radius 3 is 2.43 bits per heavy atom.